The third-order valence-electron chi connectivity index (χ3n) is 3.96. The van der Waals surface area contributed by atoms with Crippen LogP contribution in [0.1, 0.15) is 55.7 Å². The van der Waals surface area contributed by atoms with E-state index >= 15 is 0 Å². The van der Waals surface area contributed by atoms with Crippen LogP contribution in [-0.2, 0) is 5.41 Å². The number of amides is 1. The fourth-order valence-corrected chi connectivity index (χ4v) is 3.36. The molecule has 1 unspecified atom stereocenters. The van der Waals surface area contributed by atoms with Gasteiger partial charge in [-0.1, -0.05) is 34.6 Å². The molecule has 1 aromatic heterocycles. The number of thiazole rings is 1. The molecule has 128 valence electrons. The van der Waals surface area contributed by atoms with Gasteiger partial charge in [0.15, 0.2) is 0 Å². The van der Waals surface area contributed by atoms with Gasteiger partial charge in [0.2, 0.25) is 0 Å². The Morgan fingerprint density at radius 2 is 2.00 bits per heavy atom. The van der Waals surface area contributed by atoms with E-state index in [1.807, 2.05) is 4.90 Å². The molecule has 1 saturated heterocycles. The number of nitrogens with zero attached hydrogens (tertiary/aromatic N) is 2. The molecule has 1 aliphatic rings. The van der Waals surface area contributed by atoms with Crippen LogP contribution in [0, 0.1) is 5.41 Å². The molecule has 2 N–H and O–H groups in total. The van der Waals surface area contributed by atoms with Crippen LogP contribution in [-0.4, -0.2) is 34.9 Å². The van der Waals surface area contributed by atoms with Crippen molar-refractivity contribution in [3.8, 4) is 0 Å². The second-order valence-corrected chi connectivity index (χ2v) is 8.42. The van der Waals surface area contributed by atoms with E-state index in [0.717, 1.165) is 29.4 Å². The highest BCUT2D eigenvalue weighted by Crippen LogP contribution is 2.31. The van der Waals surface area contributed by atoms with Crippen molar-refractivity contribution in [3.63, 3.8) is 0 Å². The first-order valence-corrected chi connectivity index (χ1v) is 7.94. The lowest BCUT2D eigenvalue weighted by Crippen LogP contribution is -2.53. The molecular weight excluding hydrogens is 341 g/mol. The molecule has 0 aliphatic carbocycles. The van der Waals surface area contributed by atoms with Gasteiger partial charge >= 0.3 is 0 Å². The zero-order valence-corrected chi connectivity index (χ0v) is 16.3. The van der Waals surface area contributed by atoms with Gasteiger partial charge in [0.05, 0.1) is 11.2 Å². The summed E-state index contributed by atoms with van der Waals surface area (Å²) in [5.74, 6) is 0.0953. The van der Waals surface area contributed by atoms with Gasteiger partial charge in [-0.25, -0.2) is 4.98 Å². The van der Waals surface area contributed by atoms with E-state index in [0.29, 0.717) is 0 Å². The lowest BCUT2D eigenvalue weighted by atomic mass is 9.79. The Hall–Kier alpha value is -0.360. The third-order valence-corrected chi connectivity index (χ3v) is 5.37. The normalized spacial score (nSPS) is 20.8. The van der Waals surface area contributed by atoms with Gasteiger partial charge in [-0.2, -0.15) is 0 Å². The van der Waals surface area contributed by atoms with Crippen LogP contribution < -0.4 is 5.73 Å². The van der Waals surface area contributed by atoms with E-state index < -0.39 is 0 Å². The Balaban J connectivity index is 0.00000220. The van der Waals surface area contributed by atoms with E-state index in [2.05, 4.69) is 39.6 Å². The Morgan fingerprint density at radius 3 is 2.45 bits per heavy atom. The van der Waals surface area contributed by atoms with Gasteiger partial charge in [-0.15, -0.1) is 36.2 Å². The molecule has 4 nitrogen and oxygen atoms in total. The predicted molar refractivity (Wildman–Crippen MR) is 97.6 cm³/mol. The van der Waals surface area contributed by atoms with Gasteiger partial charge in [-0.05, 0) is 11.8 Å². The summed E-state index contributed by atoms with van der Waals surface area (Å²) >= 11 is 1.51. The molecule has 0 bridgehead atoms. The number of halogens is 2. The molecule has 1 fully saturated rings. The Morgan fingerprint density at radius 1 is 1.41 bits per heavy atom. The number of piperidine rings is 1. The molecule has 1 aromatic rings. The van der Waals surface area contributed by atoms with Crippen LogP contribution in [0.5, 0.6) is 0 Å². The van der Waals surface area contributed by atoms with Crippen LogP contribution in [0.2, 0.25) is 0 Å². The highest BCUT2D eigenvalue weighted by molar-refractivity contribution is 7.13. The Labute approximate surface area is 149 Å². The maximum Gasteiger partial charge on any atom is 0.265 e. The molecule has 2 heterocycles. The minimum atomic E-state index is -0.0224. The lowest BCUT2D eigenvalue weighted by molar-refractivity contribution is 0.0537. The van der Waals surface area contributed by atoms with Crippen molar-refractivity contribution >= 4 is 42.1 Å². The number of carbonyl (C=O) groups excluding carboxylic acids is 1. The zero-order valence-electron chi connectivity index (χ0n) is 13.9. The summed E-state index contributed by atoms with van der Waals surface area (Å²) in [6.45, 7) is 12.1. The number of nitrogens with two attached hydrogens (primary N) is 1. The minimum absolute atomic E-state index is 0. The van der Waals surface area contributed by atoms with Gasteiger partial charge in [0.1, 0.15) is 4.88 Å². The average Bonchev–Trinajstić information content (AvgIpc) is 2.80. The second-order valence-electron chi connectivity index (χ2n) is 7.39. The number of hydrogen-bond acceptors (Lipinski definition) is 4. The van der Waals surface area contributed by atoms with Crippen molar-refractivity contribution in [3.05, 3.63) is 16.1 Å². The van der Waals surface area contributed by atoms with Gasteiger partial charge in [-0.3, -0.25) is 4.79 Å². The molecular formula is C15H27Cl2N3OS. The van der Waals surface area contributed by atoms with Crippen molar-refractivity contribution in [2.45, 2.75) is 52.5 Å². The van der Waals surface area contributed by atoms with E-state index in [1.54, 1.807) is 6.20 Å². The smallest absolute Gasteiger partial charge is 0.265 e. The van der Waals surface area contributed by atoms with Crippen molar-refractivity contribution in [2.75, 3.05) is 13.1 Å². The predicted octanol–water partition coefficient (Wildman–Crippen LogP) is 3.48. The van der Waals surface area contributed by atoms with Crippen molar-refractivity contribution in [2.24, 2.45) is 11.1 Å². The van der Waals surface area contributed by atoms with Gasteiger partial charge in [0, 0.05) is 24.5 Å². The maximum absolute atomic E-state index is 12.6. The fourth-order valence-electron chi connectivity index (χ4n) is 2.42. The first-order chi connectivity index (χ1) is 9.11. The molecule has 22 heavy (non-hydrogen) atoms. The Kier molecular flexibility index (Phi) is 7.35. The van der Waals surface area contributed by atoms with Crippen LogP contribution in [0.15, 0.2) is 6.20 Å². The standard InChI is InChI=1S/C15H25N3OS.2ClH/c1-14(2,3)13-17-8-10(20-13)12(19)18-7-6-11(16)15(4,5)9-18;;/h8,11H,6-7,9,16H2,1-5H3;2*1H. The van der Waals surface area contributed by atoms with E-state index in [-0.39, 0.29) is 47.6 Å². The minimum Gasteiger partial charge on any atom is -0.337 e. The summed E-state index contributed by atoms with van der Waals surface area (Å²) in [6.07, 6.45) is 2.58. The van der Waals surface area contributed by atoms with Crippen molar-refractivity contribution in [1.29, 1.82) is 0 Å². The van der Waals surface area contributed by atoms with E-state index in [4.69, 9.17) is 5.73 Å². The van der Waals surface area contributed by atoms with Crippen LogP contribution in [0.3, 0.4) is 0 Å². The SMILES string of the molecule is CC(C)(C)c1ncc(C(=O)N2CCC(N)C(C)(C)C2)s1.Cl.Cl. The molecule has 0 saturated carbocycles. The van der Waals surface area contributed by atoms with Gasteiger partial charge in [0.25, 0.3) is 5.91 Å². The largest absolute Gasteiger partial charge is 0.337 e. The fraction of sp³-hybridized carbons (Fsp3) is 0.733. The number of carbonyl (C=O) groups is 1. The first kappa shape index (κ1) is 21.6. The second kappa shape index (κ2) is 7.47. The summed E-state index contributed by atoms with van der Waals surface area (Å²) in [5.41, 5.74) is 6.10. The zero-order chi connectivity index (χ0) is 15.1. The Bertz CT molecular complexity index is 511. The summed E-state index contributed by atoms with van der Waals surface area (Å²) in [6, 6.07) is 0.165. The summed E-state index contributed by atoms with van der Waals surface area (Å²) < 4.78 is 0. The monoisotopic (exact) mass is 367 g/mol. The maximum atomic E-state index is 12.6. The molecule has 0 spiro atoms. The van der Waals surface area contributed by atoms with Crippen molar-refractivity contribution < 1.29 is 4.79 Å². The van der Waals surface area contributed by atoms with Gasteiger partial charge < -0.3 is 10.6 Å². The summed E-state index contributed by atoms with van der Waals surface area (Å²) in [4.78, 5) is 19.6. The topological polar surface area (TPSA) is 59.2 Å². The molecule has 0 radical (unpaired) electrons. The summed E-state index contributed by atoms with van der Waals surface area (Å²) in [5, 5.41) is 1.01. The van der Waals surface area contributed by atoms with Crippen LogP contribution >= 0.6 is 36.2 Å². The molecule has 1 aliphatic heterocycles. The molecule has 2 rings (SSSR count). The molecule has 7 heteroatoms. The van der Waals surface area contributed by atoms with E-state index in [9.17, 15) is 4.79 Å². The number of hydrogen-bond donors (Lipinski definition) is 1. The molecule has 1 amide bonds. The van der Waals surface area contributed by atoms with E-state index in [1.165, 1.54) is 11.3 Å². The molecule has 0 aromatic carbocycles. The number of likely N-dealkylation sites (tertiary alicyclic amines) is 1. The third kappa shape index (κ3) is 4.57. The first-order valence-electron chi connectivity index (χ1n) is 7.12. The van der Waals surface area contributed by atoms with Crippen LogP contribution in [0.4, 0.5) is 0 Å². The number of aromatic nitrogens is 1. The summed E-state index contributed by atoms with van der Waals surface area (Å²) in [7, 11) is 0. The van der Waals surface area contributed by atoms with Crippen LogP contribution in [0.25, 0.3) is 0 Å². The lowest BCUT2D eigenvalue weighted by Gasteiger charge is -2.42. The quantitative estimate of drug-likeness (QED) is 0.826. The highest BCUT2D eigenvalue weighted by atomic mass is 35.5. The number of rotatable bonds is 1. The highest BCUT2D eigenvalue weighted by Gasteiger charge is 2.36. The average molecular weight is 368 g/mol. The van der Waals surface area contributed by atoms with Crippen molar-refractivity contribution in [1.82, 2.24) is 9.88 Å². The molecule has 1 atom stereocenters.